The molecule has 3 rings (SSSR count). The lowest BCUT2D eigenvalue weighted by Gasteiger charge is -2.27. The second-order valence-corrected chi connectivity index (χ2v) is 6.29. The summed E-state index contributed by atoms with van der Waals surface area (Å²) in [6.45, 7) is 3.39. The van der Waals surface area contributed by atoms with E-state index in [9.17, 15) is 0 Å². The minimum absolute atomic E-state index is 0.608. The lowest BCUT2D eigenvalue weighted by molar-refractivity contribution is 0.509. The Kier molecular flexibility index (Phi) is 3.44. The minimum atomic E-state index is 0.608. The van der Waals surface area contributed by atoms with Gasteiger partial charge in [0, 0.05) is 10.9 Å². The van der Waals surface area contributed by atoms with Crippen LogP contribution >= 0.6 is 11.8 Å². The molecule has 0 saturated heterocycles. The monoisotopic (exact) mass is 247 g/mol. The summed E-state index contributed by atoms with van der Waals surface area (Å²) in [4.78, 5) is 1.55. The van der Waals surface area contributed by atoms with Gasteiger partial charge in [0.1, 0.15) is 0 Å². The zero-order valence-corrected chi connectivity index (χ0v) is 11.4. The van der Waals surface area contributed by atoms with Crippen molar-refractivity contribution in [1.82, 2.24) is 5.32 Å². The summed E-state index contributed by atoms with van der Waals surface area (Å²) in [6.07, 6.45) is 6.47. The zero-order valence-electron chi connectivity index (χ0n) is 10.6. The van der Waals surface area contributed by atoms with Crippen LogP contribution in [0.25, 0.3) is 0 Å². The normalized spacial score (nSPS) is 22.3. The van der Waals surface area contributed by atoms with Crippen LogP contribution in [0.15, 0.2) is 17.0 Å². The first-order valence-electron chi connectivity index (χ1n) is 6.90. The SMILES string of the molecule is CCCNC1CCSc2cc3c(cc21)CCC3. The van der Waals surface area contributed by atoms with E-state index in [-0.39, 0.29) is 0 Å². The van der Waals surface area contributed by atoms with Crippen LogP contribution in [0.1, 0.15) is 48.9 Å². The molecule has 92 valence electrons. The van der Waals surface area contributed by atoms with Gasteiger partial charge in [0.15, 0.2) is 0 Å². The number of thioether (sulfide) groups is 1. The second-order valence-electron chi connectivity index (χ2n) is 5.16. The molecule has 2 heteroatoms. The van der Waals surface area contributed by atoms with Crippen LogP contribution in [0.5, 0.6) is 0 Å². The van der Waals surface area contributed by atoms with Crippen molar-refractivity contribution in [3.05, 3.63) is 28.8 Å². The molecule has 0 amide bonds. The third kappa shape index (κ3) is 2.25. The highest BCUT2D eigenvalue weighted by atomic mass is 32.2. The Morgan fingerprint density at radius 2 is 2.12 bits per heavy atom. The number of nitrogens with one attached hydrogen (secondary N) is 1. The molecule has 2 aliphatic rings. The maximum atomic E-state index is 3.71. The summed E-state index contributed by atoms with van der Waals surface area (Å²) < 4.78 is 0. The fraction of sp³-hybridized carbons (Fsp3) is 0.600. The van der Waals surface area contributed by atoms with Crippen LogP contribution < -0.4 is 5.32 Å². The van der Waals surface area contributed by atoms with Gasteiger partial charge < -0.3 is 5.32 Å². The second kappa shape index (κ2) is 5.03. The first-order chi connectivity index (χ1) is 8.38. The molecule has 1 N–H and O–H groups in total. The summed E-state index contributed by atoms with van der Waals surface area (Å²) >= 11 is 2.05. The van der Waals surface area contributed by atoms with Crippen molar-refractivity contribution in [2.24, 2.45) is 0 Å². The van der Waals surface area contributed by atoms with Crippen LogP contribution in [0, 0.1) is 0 Å². The number of fused-ring (bicyclic) bond motifs is 2. The number of hydrogen-bond donors (Lipinski definition) is 1. The lowest BCUT2D eigenvalue weighted by Crippen LogP contribution is -2.25. The number of rotatable bonds is 3. The molecule has 1 aromatic rings. The van der Waals surface area contributed by atoms with Gasteiger partial charge in [-0.25, -0.2) is 0 Å². The van der Waals surface area contributed by atoms with E-state index < -0.39 is 0 Å². The van der Waals surface area contributed by atoms with Crippen molar-refractivity contribution < 1.29 is 0 Å². The lowest BCUT2D eigenvalue weighted by atomic mass is 9.98. The van der Waals surface area contributed by atoms with Crippen LogP contribution in [-0.4, -0.2) is 12.3 Å². The predicted molar refractivity (Wildman–Crippen MR) is 74.8 cm³/mol. The highest BCUT2D eigenvalue weighted by Crippen LogP contribution is 2.39. The van der Waals surface area contributed by atoms with Gasteiger partial charge in [-0.3, -0.25) is 0 Å². The van der Waals surface area contributed by atoms with E-state index in [1.165, 1.54) is 37.9 Å². The van der Waals surface area contributed by atoms with E-state index in [0.29, 0.717) is 6.04 Å². The molecule has 0 fully saturated rings. The molecule has 1 unspecified atom stereocenters. The smallest absolute Gasteiger partial charge is 0.0339 e. The fourth-order valence-corrected chi connectivity index (χ4v) is 4.16. The molecule has 0 spiro atoms. The van der Waals surface area contributed by atoms with Gasteiger partial charge in [-0.1, -0.05) is 13.0 Å². The molecule has 1 atom stereocenters. The van der Waals surface area contributed by atoms with Crippen LogP contribution in [0.3, 0.4) is 0 Å². The summed E-state index contributed by atoms with van der Waals surface area (Å²) in [5, 5.41) is 3.71. The maximum absolute atomic E-state index is 3.71. The van der Waals surface area contributed by atoms with Gasteiger partial charge in [0.2, 0.25) is 0 Å². The van der Waals surface area contributed by atoms with Gasteiger partial charge in [-0.05, 0) is 67.2 Å². The Balaban J connectivity index is 1.90. The van der Waals surface area contributed by atoms with Crippen LogP contribution in [-0.2, 0) is 12.8 Å². The third-order valence-corrected chi connectivity index (χ3v) is 5.01. The van der Waals surface area contributed by atoms with Crippen molar-refractivity contribution in [3.8, 4) is 0 Å². The highest BCUT2D eigenvalue weighted by Gasteiger charge is 2.23. The minimum Gasteiger partial charge on any atom is -0.310 e. The van der Waals surface area contributed by atoms with E-state index in [1.54, 1.807) is 21.6 Å². The van der Waals surface area contributed by atoms with Gasteiger partial charge in [-0.2, -0.15) is 0 Å². The average Bonchev–Trinajstić information content (AvgIpc) is 2.80. The Bertz CT molecular complexity index is 414. The standard InChI is InChI=1S/C15H21NS/c1-2-7-16-14-6-8-17-15-10-12-5-3-4-11(12)9-13(14)15/h9-10,14,16H,2-8H2,1H3. The van der Waals surface area contributed by atoms with Crippen molar-refractivity contribution in [3.63, 3.8) is 0 Å². The Morgan fingerprint density at radius 1 is 1.29 bits per heavy atom. The molecule has 1 aliphatic carbocycles. The fourth-order valence-electron chi connectivity index (χ4n) is 2.99. The van der Waals surface area contributed by atoms with E-state index in [1.807, 2.05) is 0 Å². The van der Waals surface area contributed by atoms with Gasteiger partial charge in [0.25, 0.3) is 0 Å². The van der Waals surface area contributed by atoms with E-state index >= 15 is 0 Å². The summed E-state index contributed by atoms with van der Waals surface area (Å²) in [7, 11) is 0. The number of aryl methyl sites for hydroxylation is 2. The first-order valence-corrected chi connectivity index (χ1v) is 7.89. The van der Waals surface area contributed by atoms with Crippen LogP contribution in [0.2, 0.25) is 0 Å². The topological polar surface area (TPSA) is 12.0 Å². The van der Waals surface area contributed by atoms with Gasteiger partial charge in [-0.15, -0.1) is 11.8 Å². The van der Waals surface area contributed by atoms with Crippen molar-refractivity contribution in [2.45, 2.75) is 50.0 Å². The van der Waals surface area contributed by atoms with Crippen molar-refractivity contribution >= 4 is 11.8 Å². The molecule has 0 saturated carbocycles. The Hall–Kier alpha value is -0.470. The Morgan fingerprint density at radius 3 is 2.94 bits per heavy atom. The largest absolute Gasteiger partial charge is 0.310 e. The van der Waals surface area contributed by atoms with E-state index in [4.69, 9.17) is 0 Å². The third-order valence-electron chi connectivity index (χ3n) is 3.90. The molecule has 0 radical (unpaired) electrons. The first kappa shape index (κ1) is 11.6. The number of benzene rings is 1. The number of hydrogen-bond acceptors (Lipinski definition) is 2. The highest BCUT2D eigenvalue weighted by molar-refractivity contribution is 7.99. The molecule has 0 bridgehead atoms. The maximum Gasteiger partial charge on any atom is 0.0339 e. The molecule has 17 heavy (non-hydrogen) atoms. The molecular weight excluding hydrogens is 226 g/mol. The van der Waals surface area contributed by atoms with Gasteiger partial charge >= 0.3 is 0 Å². The summed E-state index contributed by atoms with van der Waals surface area (Å²) in [5.74, 6) is 1.27. The van der Waals surface area contributed by atoms with Crippen LogP contribution in [0.4, 0.5) is 0 Å². The van der Waals surface area contributed by atoms with E-state index in [2.05, 4.69) is 36.1 Å². The molecule has 1 aliphatic heterocycles. The molecule has 1 heterocycles. The zero-order chi connectivity index (χ0) is 11.7. The van der Waals surface area contributed by atoms with Crippen molar-refractivity contribution in [2.75, 3.05) is 12.3 Å². The molecule has 1 nitrogen and oxygen atoms in total. The summed E-state index contributed by atoms with van der Waals surface area (Å²) in [5.41, 5.74) is 4.82. The average molecular weight is 247 g/mol. The van der Waals surface area contributed by atoms with Crippen molar-refractivity contribution in [1.29, 1.82) is 0 Å². The molecule has 0 aromatic heterocycles. The Labute approximate surface area is 108 Å². The van der Waals surface area contributed by atoms with Gasteiger partial charge in [0.05, 0.1) is 0 Å². The quantitative estimate of drug-likeness (QED) is 0.874. The predicted octanol–water partition coefficient (Wildman–Crippen LogP) is 3.71. The summed E-state index contributed by atoms with van der Waals surface area (Å²) in [6, 6.07) is 5.58. The molecule has 1 aromatic carbocycles. The van der Waals surface area contributed by atoms with E-state index in [0.717, 1.165) is 6.54 Å². The molecular formula is C15H21NS.